The first kappa shape index (κ1) is 25.4. The molecule has 3 atom stereocenters. The molecule has 3 unspecified atom stereocenters. The minimum absolute atomic E-state index is 0.0778. The molecule has 32 heavy (non-hydrogen) atoms. The summed E-state index contributed by atoms with van der Waals surface area (Å²) in [7, 11) is 0. The largest absolute Gasteiger partial charge is 0.480 e. The van der Waals surface area contributed by atoms with Gasteiger partial charge in [-0.1, -0.05) is 38.5 Å². The van der Waals surface area contributed by atoms with Gasteiger partial charge in [0.05, 0.1) is 6.04 Å². The topological polar surface area (TPSA) is 163 Å². The molecule has 0 saturated heterocycles. The van der Waals surface area contributed by atoms with E-state index in [0.717, 1.165) is 22.9 Å². The number of carboxylic acids is 1. The van der Waals surface area contributed by atoms with Crippen molar-refractivity contribution in [3.05, 3.63) is 36.0 Å². The van der Waals surface area contributed by atoms with E-state index < -0.39 is 35.9 Å². The molecule has 9 heteroatoms. The van der Waals surface area contributed by atoms with Gasteiger partial charge in [0.25, 0.3) is 0 Å². The predicted molar refractivity (Wildman–Crippen MR) is 124 cm³/mol. The number of carboxylic acid groups (broad SMARTS) is 1. The van der Waals surface area contributed by atoms with E-state index in [1.165, 1.54) is 0 Å². The summed E-state index contributed by atoms with van der Waals surface area (Å²) in [5.41, 5.74) is 13.2. The Bertz CT molecular complexity index is 911. The van der Waals surface area contributed by atoms with Gasteiger partial charge in [0, 0.05) is 23.5 Å². The van der Waals surface area contributed by atoms with Crippen molar-refractivity contribution in [2.24, 2.45) is 17.4 Å². The number of carbonyl (C=O) groups excluding carboxylic acids is 2. The van der Waals surface area contributed by atoms with E-state index in [9.17, 15) is 19.5 Å². The van der Waals surface area contributed by atoms with Crippen LogP contribution in [0.4, 0.5) is 0 Å². The third-order valence-corrected chi connectivity index (χ3v) is 5.36. The Hall–Kier alpha value is -2.91. The summed E-state index contributed by atoms with van der Waals surface area (Å²) in [4.78, 5) is 40.5. The summed E-state index contributed by atoms with van der Waals surface area (Å²) >= 11 is 0. The molecule has 1 aromatic carbocycles. The summed E-state index contributed by atoms with van der Waals surface area (Å²) in [6.45, 7) is 4.29. The monoisotopic (exact) mass is 445 g/mol. The lowest BCUT2D eigenvalue weighted by Gasteiger charge is -2.23. The van der Waals surface area contributed by atoms with E-state index in [1.807, 2.05) is 38.1 Å². The van der Waals surface area contributed by atoms with Crippen molar-refractivity contribution >= 4 is 28.7 Å². The van der Waals surface area contributed by atoms with Crippen molar-refractivity contribution in [2.75, 3.05) is 6.54 Å². The highest BCUT2D eigenvalue weighted by atomic mass is 16.4. The van der Waals surface area contributed by atoms with Crippen LogP contribution in [0.2, 0.25) is 0 Å². The maximum Gasteiger partial charge on any atom is 0.326 e. The molecule has 2 rings (SSSR count). The zero-order valence-electron chi connectivity index (χ0n) is 18.8. The molecule has 0 aliphatic heterocycles. The van der Waals surface area contributed by atoms with Gasteiger partial charge in [-0.15, -0.1) is 0 Å². The fraction of sp³-hybridized carbons (Fsp3) is 0.522. The van der Waals surface area contributed by atoms with Crippen LogP contribution in [0.25, 0.3) is 10.9 Å². The first-order valence-corrected chi connectivity index (χ1v) is 11.1. The normalized spacial score (nSPS) is 14.2. The highest BCUT2D eigenvalue weighted by molar-refractivity contribution is 5.92. The SMILES string of the molecule is CC(C)CC(NC(=O)C(Cc1c[nH]c2ccccc12)NC(=O)C(N)CCCCN)C(=O)O. The van der Waals surface area contributed by atoms with Gasteiger partial charge in [0.2, 0.25) is 11.8 Å². The second-order valence-corrected chi connectivity index (χ2v) is 8.54. The van der Waals surface area contributed by atoms with Crippen LogP contribution in [0, 0.1) is 5.92 Å². The molecule has 0 spiro atoms. The van der Waals surface area contributed by atoms with Crippen LogP contribution in [0.1, 0.15) is 45.1 Å². The number of fused-ring (bicyclic) bond motifs is 1. The highest BCUT2D eigenvalue weighted by Crippen LogP contribution is 2.19. The quantitative estimate of drug-likeness (QED) is 0.254. The number of H-pyrrole nitrogens is 1. The molecular weight excluding hydrogens is 410 g/mol. The van der Waals surface area contributed by atoms with Gasteiger partial charge in [-0.2, -0.15) is 0 Å². The number of aromatic amines is 1. The number of carbonyl (C=O) groups is 3. The number of benzene rings is 1. The first-order valence-electron chi connectivity index (χ1n) is 11.1. The second-order valence-electron chi connectivity index (χ2n) is 8.54. The van der Waals surface area contributed by atoms with E-state index in [-0.39, 0.29) is 18.8 Å². The lowest BCUT2D eigenvalue weighted by atomic mass is 10.0. The van der Waals surface area contributed by atoms with Crippen LogP contribution in [0.3, 0.4) is 0 Å². The molecule has 2 amide bonds. The number of aromatic nitrogens is 1. The lowest BCUT2D eigenvalue weighted by Crippen LogP contribution is -2.55. The Morgan fingerprint density at radius 2 is 1.75 bits per heavy atom. The van der Waals surface area contributed by atoms with Gasteiger partial charge in [-0.05, 0) is 43.4 Å². The van der Waals surface area contributed by atoms with Crippen LogP contribution >= 0.6 is 0 Å². The van der Waals surface area contributed by atoms with Crippen molar-refractivity contribution in [3.8, 4) is 0 Å². The number of nitrogens with one attached hydrogen (secondary N) is 3. The molecule has 0 radical (unpaired) electrons. The molecule has 0 fully saturated rings. The Morgan fingerprint density at radius 1 is 1.06 bits per heavy atom. The van der Waals surface area contributed by atoms with Crippen LogP contribution in [-0.2, 0) is 20.8 Å². The summed E-state index contributed by atoms with van der Waals surface area (Å²) in [6, 6.07) is 4.87. The van der Waals surface area contributed by atoms with Crippen molar-refractivity contribution in [3.63, 3.8) is 0 Å². The van der Waals surface area contributed by atoms with Crippen molar-refractivity contribution in [1.29, 1.82) is 0 Å². The Balaban J connectivity index is 2.20. The maximum atomic E-state index is 13.1. The average Bonchev–Trinajstić information content (AvgIpc) is 3.15. The number of hydrogen-bond acceptors (Lipinski definition) is 5. The molecule has 0 saturated carbocycles. The molecule has 1 aromatic heterocycles. The van der Waals surface area contributed by atoms with Gasteiger partial charge in [0.1, 0.15) is 12.1 Å². The van der Waals surface area contributed by atoms with Crippen molar-refractivity contribution < 1.29 is 19.5 Å². The van der Waals surface area contributed by atoms with E-state index in [0.29, 0.717) is 19.4 Å². The van der Waals surface area contributed by atoms with Crippen molar-refractivity contribution in [2.45, 2.75) is 64.1 Å². The Kier molecular flexibility index (Phi) is 9.67. The van der Waals surface area contributed by atoms with E-state index >= 15 is 0 Å². The third-order valence-electron chi connectivity index (χ3n) is 5.36. The van der Waals surface area contributed by atoms with E-state index in [2.05, 4.69) is 15.6 Å². The predicted octanol–water partition coefficient (Wildman–Crippen LogP) is 1.27. The van der Waals surface area contributed by atoms with Gasteiger partial charge in [-0.3, -0.25) is 9.59 Å². The molecule has 176 valence electrons. The van der Waals surface area contributed by atoms with E-state index in [4.69, 9.17) is 11.5 Å². The molecule has 0 bridgehead atoms. The molecule has 9 nitrogen and oxygen atoms in total. The number of amides is 2. The Labute approximate surface area is 188 Å². The molecule has 2 aromatic rings. The maximum absolute atomic E-state index is 13.1. The summed E-state index contributed by atoms with van der Waals surface area (Å²) in [5, 5.41) is 15.8. The van der Waals surface area contributed by atoms with Crippen LogP contribution in [0.5, 0.6) is 0 Å². The second kappa shape index (κ2) is 12.2. The smallest absolute Gasteiger partial charge is 0.326 e. The van der Waals surface area contributed by atoms with Crippen LogP contribution < -0.4 is 22.1 Å². The first-order chi connectivity index (χ1) is 15.2. The van der Waals surface area contributed by atoms with Crippen LogP contribution in [-0.4, -0.2) is 52.5 Å². The molecule has 1 heterocycles. The molecule has 0 aliphatic carbocycles. The number of hydrogen-bond donors (Lipinski definition) is 6. The van der Waals surface area contributed by atoms with Gasteiger partial charge in [0.15, 0.2) is 0 Å². The minimum atomic E-state index is -1.11. The van der Waals surface area contributed by atoms with E-state index in [1.54, 1.807) is 6.20 Å². The zero-order chi connectivity index (χ0) is 23.7. The van der Waals surface area contributed by atoms with Gasteiger partial charge < -0.3 is 32.2 Å². The minimum Gasteiger partial charge on any atom is -0.480 e. The number of para-hydroxylation sites is 1. The molecular formula is C23H35N5O4. The van der Waals surface area contributed by atoms with Gasteiger partial charge in [-0.25, -0.2) is 4.79 Å². The summed E-state index contributed by atoms with van der Waals surface area (Å²) in [6.07, 6.45) is 4.20. The standard InChI is InChI=1S/C23H35N5O4/c1-14(2)11-20(23(31)32)28-22(30)19(27-21(29)17(25)8-5-6-10-24)12-15-13-26-18-9-4-3-7-16(15)18/h3-4,7,9,13-14,17,19-20,26H,5-6,8,10-12,24-25H2,1-2H3,(H,27,29)(H,28,30)(H,31,32). The number of unbranched alkanes of at least 4 members (excludes halogenated alkanes) is 1. The Morgan fingerprint density at radius 3 is 2.41 bits per heavy atom. The fourth-order valence-corrected chi connectivity index (χ4v) is 3.61. The fourth-order valence-electron chi connectivity index (χ4n) is 3.61. The number of aliphatic carboxylic acids is 1. The lowest BCUT2D eigenvalue weighted by molar-refractivity contribution is -0.142. The van der Waals surface area contributed by atoms with Crippen LogP contribution in [0.15, 0.2) is 30.5 Å². The highest BCUT2D eigenvalue weighted by Gasteiger charge is 2.29. The summed E-state index contributed by atoms with van der Waals surface area (Å²) < 4.78 is 0. The number of nitrogens with two attached hydrogens (primary N) is 2. The average molecular weight is 446 g/mol. The summed E-state index contributed by atoms with van der Waals surface area (Å²) in [5.74, 6) is -2.03. The number of rotatable bonds is 13. The van der Waals surface area contributed by atoms with Crippen molar-refractivity contribution in [1.82, 2.24) is 15.6 Å². The molecule has 8 N–H and O–H groups in total. The zero-order valence-corrected chi connectivity index (χ0v) is 18.8. The van der Waals surface area contributed by atoms with Gasteiger partial charge >= 0.3 is 5.97 Å². The third kappa shape index (κ3) is 7.35. The molecule has 0 aliphatic rings.